The summed E-state index contributed by atoms with van der Waals surface area (Å²) in [6.45, 7) is 5.08. The minimum Gasteiger partial charge on any atom is -0.496 e. The molecule has 0 radical (unpaired) electrons. The second-order valence-electron chi connectivity index (χ2n) is 6.28. The normalized spacial score (nSPS) is 10.6. The molecular formula is C21H23N3O2. The van der Waals surface area contributed by atoms with Crippen LogP contribution in [0.5, 0.6) is 5.75 Å². The van der Waals surface area contributed by atoms with Crippen LogP contribution in [0.2, 0.25) is 0 Å². The molecule has 0 atom stereocenters. The molecule has 0 spiro atoms. The summed E-state index contributed by atoms with van der Waals surface area (Å²) in [5, 5.41) is 7.43. The SMILES string of the molecule is COc1ccccc1CNC(=O)c1cccc(Cn2nc(C)cc2C)c1. The number of para-hydroxylation sites is 1. The maximum Gasteiger partial charge on any atom is 0.251 e. The Bertz CT molecular complexity index is 915. The zero-order valence-electron chi connectivity index (χ0n) is 15.3. The molecule has 0 aliphatic rings. The third kappa shape index (κ3) is 4.11. The summed E-state index contributed by atoms with van der Waals surface area (Å²) in [5.41, 5.74) is 4.73. The number of ether oxygens (including phenoxy) is 1. The third-order valence-corrected chi connectivity index (χ3v) is 4.26. The maximum absolute atomic E-state index is 12.5. The van der Waals surface area contributed by atoms with E-state index in [1.165, 1.54) is 0 Å². The monoisotopic (exact) mass is 349 g/mol. The summed E-state index contributed by atoms with van der Waals surface area (Å²) in [6, 6.07) is 17.4. The Labute approximate surface area is 153 Å². The fourth-order valence-electron chi connectivity index (χ4n) is 2.95. The number of aryl methyl sites for hydroxylation is 2. The number of nitrogens with one attached hydrogen (secondary N) is 1. The van der Waals surface area contributed by atoms with Gasteiger partial charge in [0.15, 0.2) is 0 Å². The van der Waals surface area contributed by atoms with Gasteiger partial charge in [-0.3, -0.25) is 9.48 Å². The molecule has 1 aromatic heterocycles. The first-order chi connectivity index (χ1) is 12.6. The standard InChI is InChI=1S/C21H23N3O2/c1-15-11-16(2)24(23-15)14-17-7-6-9-18(12-17)21(25)22-13-19-8-4-5-10-20(19)26-3/h4-12H,13-14H2,1-3H3,(H,22,25). The molecule has 0 fully saturated rings. The highest BCUT2D eigenvalue weighted by Crippen LogP contribution is 2.17. The molecule has 5 heteroatoms. The average molecular weight is 349 g/mol. The van der Waals surface area contributed by atoms with E-state index < -0.39 is 0 Å². The number of carbonyl (C=O) groups is 1. The highest BCUT2D eigenvalue weighted by molar-refractivity contribution is 5.94. The van der Waals surface area contributed by atoms with Gasteiger partial charge in [-0.25, -0.2) is 0 Å². The number of rotatable bonds is 6. The van der Waals surface area contributed by atoms with Gasteiger partial charge in [0.25, 0.3) is 5.91 Å². The molecule has 2 aromatic carbocycles. The van der Waals surface area contributed by atoms with E-state index in [9.17, 15) is 4.79 Å². The molecule has 5 nitrogen and oxygen atoms in total. The summed E-state index contributed by atoms with van der Waals surface area (Å²) in [5.74, 6) is 0.664. The number of hydrogen-bond acceptors (Lipinski definition) is 3. The first-order valence-corrected chi connectivity index (χ1v) is 8.57. The van der Waals surface area contributed by atoms with Crippen molar-refractivity contribution in [3.05, 3.63) is 82.7 Å². The lowest BCUT2D eigenvalue weighted by atomic mass is 10.1. The smallest absolute Gasteiger partial charge is 0.251 e. The van der Waals surface area contributed by atoms with Gasteiger partial charge in [-0.15, -0.1) is 0 Å². The van der Waals surface area contributed by atoms with Crippen LogP contribution in [0, 0.1) is 13.8 Å². The fraction of sp³-hybridized carbons (Fsp3) is 0.238. The van der Waals surface area contributed by atoms with E-state index in [0.717, 1.165) is 28.3 Å². The highest BCUT2D eigenvalue weighted by Gasteiger charge is 2.09. The quantitative estimate of drug-likeness (QED) is 0.741. The maximum atomic E-state index is 12.5. The number of nitrogens with zero attached hydrogens (tertiary/aromatic N) is 2. The van der Waals surface area contributed by atoms with Crippen molar-refractivity contribution in [1.82, 2.24) is 15.1 Å². The largest absolute Gasteiger partial charge is 0.496 e. The van der Waals surface area contributed by atoms with Crippen LogP contribution >= 0.6 is 0 Å². The van der Waals surface area contributed by atoms with Crippen LogP contribution in [-0.2, 0) is 13.1 Å². The lowest BCUT2D eigenvalue weighted by molar-refractivity contribution is 0.0950. The Balaban J connectivity index is 1.69. The van der Waals surface area contributed by atoms with E-state index in [1.54, 1.807) is 7.11 Å². The Morgan fingerprint density at radius 3 is 2.65 bits per heavy atom. The number of amides is 1. The van der Waals surface area contributed by atoms with Crippen LogP contribution in [0.3, 0.4) is 0 Å². The summed E-state index contributed by atoms with van der Waals surface area (Å²) in [6.07, 6.45) is 0. The molecule has 1 heterocycles. The molecule has 1 amide bonds. The predicted octanol–water partition coefficient (Wildman–Crippen LogP) is 3.49. The number of methoxy groups -OCH3 is 1. The fourth-order valence-corrected chi connectivity index (χ4v) is 2.95. The van der Waals surface area contributed by atoms with Gasteiger partial charge < -0.3 is 10.1 Å². The molecule has 3 aromatic rings. The van der Waals surface area contributed by atoms with Gasteiger partial charge in [0.05, 0.1) is 19.3 Å². The van der Waals surface area contributed by atoms with E-state index in [0.29, 0.717) is 18.7 Å². The highest BCUT2D eigenvalue weighted by atomic mass is 16.5. The van der Waals surface area contributed by atoms with Gasteiger partial charge in [-0.05, 0) is 43.7 Å². The van der Waals surface area contributed by atoms with Gasteiger partial charge in [-0.1, -0.05) is 30.3 Å². The van der Waals surface area contributed by atoms with Crippen molar-refractivity contribution in [1.29, 1.82) is 0 Å². The number of aromatic nitrogens is 2. The van der Waals surface area contributed by atoms with E-state index in [-0.39, 0.29) is 5.91 Å². The molecule has 134 valence electrons. The van der Waals surface area contributed by atoms with Crippen LogP contribution in [0.1, 0.15) is 32.9 Å². The lowest BCUT2D eigenvalue weighted by Gasteiger charge is -2.10. The summed E-state index contributed by atoms with van der Waals surface area (Å²) < 4.78 is 7.27. The molecule has 26 heavy (non-hydrogen) atoms. The van der Waals surface area contributed by atoms with E-state index in [4.69, 9.17) is 4.74 Å². The predicted molar refractivity (Wildman–Crippen MR) is 101 cm³/mol. The van der Waals surface area contributed by atoms with Gasteiger partial charge in [0.1, 0.15) is 5.75 Å². The third-order valence-electron chi connectivity index (χ3n) is 4.26. The second-order valence-corrected chi connectivity index (χ2v) is 6.28. The molecule has 0 aliphatic carbocycles. The van der Waals surface area contributed by atoms with Crippen molar-refractivity contribution in [2.24, 2.45) is 0 Å². The van der Waals surface area contributed by atoms with E-state index in [2.05, 4.69) is 10.4 Å². The second kappa shape index (κ2) is 7.87. The number of benzene rings is 2. The van der Waals surface area contributed by atoms with Crippen LogP contribution in [0.4, 0.5) is 0 Å². The molecule has 0 saturated heterocycles. The summed E-state index contributed by atoms with van der Waals surface area (Å²) >= 11 is 0. The van der Waals surface area contributed by atoms with Crippen LogP contribution in [-0.4, -0.2) is 22.8 Å². The molecule has 0 aliphatic heterocycles. The summed E-state index contributed by atoms with van der Waals surface area (Å²) in [7, 11) is 1.63. The van der Waals surface area contributed by atoms with Crippen LogP contribution in [0.15, 0.2) is 54.6 Å². The van der Waals surface area contributed by atoms with Gasteiger partial charge in [0.2, 0.25) is 0 Å². The van der Waals surface area contributed by atoms with Crippen molar-refractivity contribution in [2.75, 3.05) is 7.11 Å². The van der Waals surface area contributed by atoms with E-state index in [1.807, 2.05) is 73.1 Å². The molecule has 3 rings (SSSR count). The minimum atomic E-state index is -0.105. The van der Waals surface area contributed by atoms with Crippen molar-refractivity contribution >= 4 is 5.91 Å². The van der Waals surface area contributed by atoms with E-state index >= 15 is 0 Å². The molecule has 0 unspecified atom stereocenters. The van der Waals surface area contributed by atoms with Crippen LogP contribution in [0.25, 0.3) is 0 Å². The Morgan fingerprint density at radius 1 is 1.12 bits per heavy atom. The first kappa shape index (κ1) is 17.7. The topological polar surface area (TPSA) is 56.1 Å². The van der Waals surface area contributed by atoms with Crippen molar-refractivity contribution in [3.63, 3.8) is 0 Å². The van der Waals surface area contributed by atoms with Crippen LogP contribution < -0.4 is 10.1 Å². The van der Waals surface area contributed by atoms with Gasteiger partial charge in [-0.2, -0.15) is 5.10 Å². The first-order valence-electron chi connectivity index (χ1n) is 8.57. The minimum absolute atomic E-state index is 0.105. The Morgan fingerprint density at radius 2 is 1.92 bits per heavy atom. The number of carbonyl (C=O) groups excluding carboxylic acids is 1. The van der Waals surface area contributed by atoms with Gasteiger partial charge >= 0.3 is 0 Å². The number of hydrogen-bond donors (Lipinski definition) is 1. The van der Waals surface area contributed by atoms with Crippen molar-refractivity contribution in [3.8, 4) is 5.75 Å². The lowest BCUT2D eigenvalue weighted by Crippen LogP contribution is -2.23. The Kier molecular flexibility index (Phi) is 5.37. The summed E-state index contributed by atoms with van der Waals surface area (Å²) in [4.78, 5) is 12.5. The van der Waals surface area contributed by atoms with Gasteiger partial charge in [0, 0.05) is 23.4 Å². The average Bonchev–Trinajstić information content (AvgIpc) is 2.97. The van der Waals surface area contributed by atoms with Crippen molar-refractivity contribution in [2.45, 2.75) is 26.9 Å². The zero-order chi connectivity index (χ0) is 18.5. The Hall–Kier alpha value is -3.08. The molecular weight excluding hydrogens is 326 g/mol. The molecule has 0 bridgehead atoms. The molecule has 0 saturated carbocycles. The zero-order valence-corrected chi connectivity index (χ0v) is 15.3. The molecule has 1 N–H and O–H groups in total. The van der Waals surface area contributed by atoms with Crippen molar-refractivity contribution < 1.29 is 9.53 Å².